The average molecular weight is 461 g/mol. The molecular weight excluding hydrogens is 412 g/mol. The maximum atomic E-state index is 10.5. The quantitative estimate of drug-likeness (QED) is 0.212. The number of hydrogen-bond donors (Lipinski definition) is 5. The molecule has 2 aliphatic rings. The van der Waals surface area contributed by atoms with Crippen molar-refractivity contribution in [1.29, 1.82) is 0 Å². The molecule has 0 aromatic rings. The van der Waals surface area contributed by atoms with Gasteiger partial charge in [-0.3, -0.25) is 0 Å². The molecule has 8 atom stereocenters. The molecule has 0 saturated carbocycles. The molecular formula is C25H48O7. The Bertz CT molecular complexity index is 477. The van der Waals surface area contributed by atoms with Gasteiger partial charge in [-0.25, -0.2) is 0 Å². The highest BCUT2D eigenvalue weighted by Crippen LogP contribution is 2.30. The van der Waals surface area contributed by atoms with Crippen LogP contribution in [0.1, 0.15) is 103 Å². The molecule has 0 bridgehead atoms. The van der Waals surface area contributed by atoms with E-state index in [-0.39, 0.29) is 24.9 Å². The van der Waals surface area contributed by atoms with Crippen LogP contribution < -0.4 is 0 Å². The molecule has 0 amide bonds. The second-order valence-corrected chi connectivity index (χ2v) is 9.87. The minimum absolute atomic E-state index is 0.206. The van der Waals surface area contributed by atoms with Crippen LogP contribution in [0.3, 0.4) is 0 Å². The lowest BCUT2D eigenvalue weighted by Gasteiger charge is -2.24. The predicted molar refractivity (Wildman–Crippen MR) is 123 cm³/mol. The zero-order chi connectivity index (χ0) is 23.3. The van der Waals surface area contributed by atoms with Gasteiger partial charge in [-0.05, 0) is 44.9 Å². The molecule has 2 heterocycles. The van der Waals surface area contributed by atoms with E-state index in [0.29, 0.717) is 25.7 Å². The van der Waals surface area contributed by atoms with Crippen molar-refractivity contribution in [2.24, 2.45) is 0 Å². The molecule has 0 aromatic carbocycles. The van der Waals surface area contributed by atoms with Crippen LogP contribution in [0.5, 0.6) is 0 Å². The van der Waals surface area contributed by atoms with Crippen LogP contribution in [0.4, 0.5) is 0 Å². The van der Waals surface area contributed by atoms with Gasteiger partial charge in [0.15, 0.2) is 0 Å². The number of aliphatic hydroxyl groups excluding tert-OH is 5. The van der Waals surface area contributed by atoms with E-state index in [1.807, 2.05) is 0 Å². The van der Waals surface area contributed by atoms with E-state index >= 15 is 0 Å². The first-order valence-electron chi connectivity index (χ1n) is 13.1. The van der Waals surface area contributed by atoms with Crippen molar-refractivity contribution < 1.29 is 35.0 Å². The minimum Gasteiger partial charge on any atom is -0.394 e. The topological polar surface area (TPSA) is 120 Å². The molecule has 0 radical (unpaired) electrons. The van der Waals surface area contributed by atoms with Crippen molar-refractivity contribution >= 4 is 0 Å². The number of ether oxygens (including phenoxy) is 2. The zero-order valence-corrected chi connectivity index (χ0v) is 20.0. The van der Waals surface area contributed by atoms with Gasteiger partial charge in [-0.2, -0.15) is 0 Å². The summed E-state index contributed by atoms with van der Waals surface area (Å²) in [5, 5.41) is 50.1. The lowest BCUT2D eigenvalue weighted by Crippen LogP contribution is -2.34. The molecule has 0 aliphatic carbocycles. The Balaban J connectivity index is 1.56. The predicted octanol–water partition coefficient (Wildman–Crippen LogP) is 2.83. The Morgan fingerprint density at radius 3 is 1.38 bits per heavy atom. The van der Waals surface area contributed by atoms with E-state index in [1.54, 1.807) is 0 Å². The number of rotatable bonds is 17. The Labute approximate surface area is 194 Å². The van der Waals surface area contributed by atoms with E-state index in [1.165, 1.54) is 38.5 Å². The van der Waals surface area contributed by atoms with Gasteiger partial charge in [-0.1, -0.05) is 58.3 Å². The standard InChI is InChI=1S/C25H48O7/c1-2-3-4-5-6-7-8-9-10-18(27)22-13-14-23(31-22)19(28)11-12-20(29)24-15-16-25(32-24)21(30)17-26/h18-30H,2-17H2,1H3/t18-,19-,20-,21-,22+,23-,24-,25+/m0/s1. The summed E-state index contributed by atoms with van der Waals surface area (Å²) in [6, 6.07) is 0. The summed E-state index contributed by atoms with van der Waals surface area (Å²) in [4.78, 5) is 0. The summed E-state index contributed by atoms with van der Waals surface area (Å²) in [6.07, 6.45) is 10.1. The molecule has 32 heavy (non-hydrogen) atoms. The highest BCUT2D eigenvalue weighted by molar-refractivity contribution is 4.86. The Hall–Kier alpha value is -0.280. The summed E-state index contributed by atoms with van der Waals surface area (Å²) in [7, 11) is 0. The average Bonchev–Trinajstić information content (AvgIpc) is 3.49. The van der Waals surface area contributed by atoms with Crippen LogP contribution >= 0.6 is 0 Å². The fourth-order valence-electron chi connectivity index (χ4n) is 5.01. The highest BCUT2D eigenvalue weighted by atomic mass is 16.5. The molecule has 0 spiro atoms. The molecule has 2 rings (SSSR count). The normalized spacial score (nSPS) is 29.8. The second kappa shape index (κ2) is 15.6. The first-order chi connectivity index (χ1) is 15.5. The van der Waals surface area contributed by atoms with Gasteiger partial charge in [0.05, 0.1) is 49.3 Å². The number of hydrogen-bond acceptors (Lipinski definition) is 7. The smallest absolute Gasteiger partial charge is 0.103 e. The van der Waals surface area contributed by atoms with E-state index in [0.717, 1.165) is 32.1 Å². The largest absolute Gasteiger partial charge is 0.394 e. The Kier molecular flexibility index (Phi) is 13.6. The van der Waals surface area contributed by atoms with Crippen LogP contribution in [0.25, 0.3) is 0 Å². The zero-order valence-electron chi connectivity index (χ0n) is 20.0. The van der Waals surface area contributed by atoms with Gasteiger partial charge in [0, 0.05) is 0 Å². The van der Waals surface area contributed by atoms with Gasteiger partial charge < -0.3 is 35.0 Å². The third-order valence-electron chi connectivity index (χ3n) is 7.19. The van der Waals surface area contributed by atoms with E-state index in [9.17, 15) is 20.4 Å². The lowest BCUT2D eigenvalue weighted by molar-refractivity contribution is -0.0967. The SMILES string of the molecule is CCCCCCCCCC[C@H](O)[C@H]1CC[C@@H]([C@@H](O)CC[C@H](O)[C@@H]2CC[C@H]([C@@H](O)CO)O2)O1. The van der Waals surface area contributed by atoms with Crippen LogP contribution in [0.2, 0.25) is 0 Å². The molecule has 2 saturated heterocycles. The maximum Gasteiger partial charge on any atom is 0.103 e. The molecule has 0 aromatic heterocycles. The summed E-state index contributed by atoms with van der Waals surface area (Å²) in [5.41, 5.74) is 0. The summed E-state index contributed by atoms with van der Waals surface area (Å²) in [5.74, 6) is 0. The van der Waals surface area contributed by atoms with Crippen LogP contribution in [0, 0.1) is 0 Å². The van der Waals surface area contributed by atoms with Gasteiger partial charge >= 0.3 is 0 Å². The van der Waals surface area contributed by atoms with Crippen molar-refractivity contribution in [3.8, 4) is 0 Å². The van der Waals surface area contributed by atoms with Crippen LogP contribution in [0.15, 0.2) is 0 Å². The summed E-state index contributed by atoms with van der Waals surface area (Å²) >= 11 is 0. The van der Waals surface area contributed by atoms with Gasteiger partial charge in [0.2, 0.25) is 0 Å². The maximum absolute atomic E-state index is 10.5. The highest BCUT2D eigenvalue weighted by Gasteiger charge is 2.37. The molecule has 190 valence electrons. The van der Waals surface area contributed by atoms with Crippen molar-refractivity contribution in [2.45, 2.75) is 152 Å². The molecule has 2 fully saturated rings. The van der Waals surface area contributed by atoms with Gasteiger partial charge in [-0.15, -0.1) is 0 Å². The lowest BCUT2D eigenvalue weighted by atomic mass is 9.99. The molecule has 7 heteroatoms. The first kappa shape index (κ1) is 28.0. The van der Waals surface area contributed by atoms with Crippen LogP contribution in [-0.4, -0.2) is 81.0 Å². The van der Waals surface area contributed by atoms with Crippen molar-refractivity contribution in [1.82, 2.24) is 0 Å². The van der Waals surface area contributed by atoms with E-state index in [4.69, 9.17) is 14.6 Å². The third kappa shape index (κ3) is 9.53. The fraction of sp³-hybridized carbons (Fsp3) is 1.00. The second-order valence-electron chi connectivity index (χ2n) is 9.87. The van der Waals surface area contributed by atoms with Crippen molar-refractivity contribution in [3.63, 3.8) is 0 Å². The fourth-order valence-corrected chi connectivity index (χ4v) is 5.01. The van der Waals surface area contributed by atoms with E-state index in [2.05, 4.69) is 6.92 Å². The summed E-state index contributed by atoms with van der Waals surface area (Å²) < 4.78 is 11.6. The summed E-state index contributed by atoms with van der Waals surface area (Å²) in [6.45, 7) is 1.88. The minimum atomic E-state index is -0.918. The van der Waals surface area contributed by atoms with E-state index < -0.39 is 30.5 Å². The molecule has 0 unspecified atom stereocenters. The van der Waals surface area contributed by atoms with Crippen molar-refractivity contribution in [3.05, 3.63) is 0 Å². The molecule has 7 nitrogen and oxygen atoms in total. The van der Waals surface area contributed by atoms with Crippen LogP contribution in [-0.2, 0) is 9.47 Å². The van der Waals surface area contributed by atoms with Crippen molar-refractivity contribution in [2.75, 3.05) is 6.61 Å². The first-order valence-corrected chi connectivity index (χ1v) is 13.1. The van der Waals surface area contributed by atoms with Gasteiger partial charge in [0.1, 0.15) is 6.10 Å². The third-order valence-corrected chi connectivity index (χ3v) is 7.19. The monoisotopic (exact) mass is 460 g/mol. The number of unbranched alkanes of at least 4 members (excludes halogenated alkanes) is 7. The number of aliphatic hydroxyl groups is 5. The molecule has 2 aliphatic heterocycles. The Morgan fingerprint density at radius 2 is 0.938 bits per heavy atom. The molecule has 5 N–H and O–H groups in total. The Morgan fingerprint density at radius 1 is 0.562 bits per heavy atom. The van der Waals surface area contributed by atoms with Gasteiger partial charge in [0.25, 0.3) is 0 Å².